The Bertz CT molecular complexity index is 1170. The lowest BCUT2D eigenvalue weighted by Gasteiger charge is -2.33. The number of rotatable bonds is 9. The second kappa shape index (κ2) is 13.4. The summed E-state index contributed by atoms with van der Waals surface area (Å²) in [5.41, 5.74) is 0.482. The molecule has 7 nitrogen and oxygen atoms in total. The molecule has 1 saturated heterocycles. The molecule has 212 valence electrons. The fraction of sp³-hybridized carbons (Fsp3) is 0.500. The van der Waals surface area contributed by atoms with Crippen molar-refractivity contribution in [3.63, 3.8) is 0 Å². The van der Waals surface area contributed by atoms with E-state index in [1.165, 1.54) is 24.3 Å². The number of hydrogen-bond donors (Lipinski definition) is 1. The molecule has 0 radical (unpaired) electrons. The summed E-state index contributed by atoms with van der Waals surface area (Å²) in [7, 11) is 0. The predicted molar refractivity (Wildman–Crippen MR) is 149 cm³/mol. The molecule has 1 aliphatic heterocycles. The van der Waals surface area contributed by atoms with Crippen molar-refractivity contribution in [2.75, 3.05) is 31.1 Å². The van der Waals surface area contributed by atoms with E-state index in [1.54, 1.807) is 34.9 Å². The van der Waals surface area contributed by atoms with Crippen LogP contribution in [0.4, 0.5) is 10.1 Å². The maximum atomic E-state index is 14.5. The third-order valence-electron chi connectivity index (χ3n) is 6.73. The summed E-state index contributed by atoms with van der Waals surface area (Å²) in [5, 5.41) is 11.5. The predicted octanol–water partition coefficient (Wildman–Crippen LogP) is 5.52. The van der Waals surface area contributed by atoms with Gasteiger partial charge in [-0.2, -0.15) is 0 Å². The highest BCUT2D eigenvalue weighted by Crippen LogP contribution is 2.36. The fourth-order valence-electron chi connectivity index (χ4n) is 4.77. The number of aliphatic hydroxyl groups is 1. The average molecular weight is 561 g/mol. The van der Waals surface area contributed by atoms with Crippen LogP contribution in [0.5, 0.6) is 0 Å². The molecule has 2 aromatic carbocycles. The summed E-state index contributed by atoms with van der Waals surface area (Å²) in [6, 6.07) is 10.7. The van der Waals surface area contributed by atoms with Crippen molar-refractivity contribution < 1.29 is 28.6 Å². The number of ether oxygens (including phenoxy) is 1. The molecule has 0 aromatic heterocycles. The molecule has 1 heterocycles. The van der Waals surface area contributed by atoms with Gasteiger partial charge in [0, 0.05) is 54.3 Å². The van der Waals surface area contributed by atoms with Crippen molar-refractivity contribution >= 4 is 35.1 Å². The van der Waals surface area contributed by atoms with Crippen LogP contribution in [0, 0.1) is 17.2 Å². The first kappa shape index (κ1) is 30.6. The molecule has 0 saturated carbocycles. The largest absolute Gasteiger partial charge is 0.466 e. The molecule has 2 aromatic rings. The molecule has 9 heteroatoms. The molecule has 2 amide bonds. The zero-order valence-corrected chi connectivity index (χ0v) is 23.8. The van der Waals surface area contributed by atoms with Crippen molar-refractivity contribution in [2.24, 2.45) is 11.3 Å². The van der Waals surface area contributed by atoms with Crippen LogP contribution in [0.15, 0.2) is 42.5 Å². The molecule has 1 N–H and O–H groups in total. The van der Waals surface area contributed by atoms with E-state index >= 15 is 0 Å². The number of piperidine rings is 1. The molecule has 0 bridgehead atoms. The van der Waals surface area contributed by atoms with Crippen molar-refractivity contribution in [1.82, 2.24) is 4.90 Å². The lowest BCUT2D eigenvalue weighted by atomic mass is 9.93. The van der Waals surface area contributed by atoms with E-state index in [9.17, 15) is 23.9 Å². The van der Waals surface area contributed by atoms with Gasteiger partial charge in [0.1, 0.15) is 11.9 Å². The van der Waals surface area contributed by atoms with Crippen LogP contribution in [0.1, 0.15) is 70.6 Å². The van der Waals surface area contributed by atoms with E-state index in [2.05, 4.69) is 0 Å². The topological polar surface area (TPSA) is 87.2 Å². The second-order valence-corrected chi connectivity index (χ2v) is 11.5. The normalized spacial score (nSPS) is 15.1. The summed E-state index contributed by atoms with van der Waals surface area (Å²) in [5.74, 6) is -1.44. The molecule has 1 aliphatic rings. The average Bonchev–Trinajstić information content (AvgIpc) is 2.90. The van der Waals surface area contributed by atoms with Gasteiger partial charge in [0.05, 0.1) is 12.5 Å². The maximum absolute atomic E-state index is 14.5. The van der Waals surface area contributed by atoms with Gasteiger partial charge in [-0.05, 0) is 49.4 Å². The monoisotopic (exact) mass is 560 g/mol. The van der Waals surface area contributed by atoms with Crippen molar-refractivity contribution in [3.8, 4) is 0 Å². The molecule has 1 fully saturated rings. The number of anilines is 1. The van der Waals surface area contributed by atoms with Gasteiger partial charge in [-0.1, -0.05) is 50.6 Å². The summed E-state index contributed by atoms with van der Waals surface area (Å²) in [6.45, 7) is 9.24. The zero-order chi connectivity index (χ0) is 28.7. The quantitative estimate of drug-likeness (QED) is 0.408. The number of carbonyl (C=O) groups excluding carboxylic acids is 3. The van der Waals surface area contributed by atoms with Gasteiger partial charge < -0.3 is 19.6 Å². The maximum Gasteiger partial charge on any atom is 0.309 e. The van der Waals surface area contributed by atoms with Gasteiger partial charge in [0.25, 0.3) is 0 Å². The second-order valence-electron chi connectivity index (χ2n) is 11.1. The van der Waals surface area contributed by atoms with Crippen molar-refractivity contribution in [2.45, 2.75) is 59.5 Å². The molecular formula is C30H38ClFN2O5. The molecule has 0 spiro atoms. The first-order valence-corrected chi connectivity index (χ1v) is 13.8. The SMILES string of the molecule is CCOC(=O)C1CCN(C(=O)CCC(=O)N(CC(C)(C)C)c2ccc(Cl)cc2C(O)c2ccccc2F)CC1. The van der Waals surface area contributed by atoms with Crippen LogP contribution >= 0.6 is 11.6 Å². The first-order valence-electron chi connectivity index (χ1n) is 13.4. The third kappa shape index (κ3) is 8.26. The van der Waals surface area contributed by atoms with Gasteiger partial charge in [-0.3, -0.25) is 14.4 Å². The van der Waals surface area contributed by atoms with Crippen molar-refractivity contribution in [1.29, 1.82) is 0 Å². The van der Waals surface area contributed by atoms with Crippen LogP contribution in [-0.4, -0.2) is 54.0 Å². The Morgan fingerprint density at radius 2 is 1.77 bits per heavy atom. The Balaban J connectivity index is 1.78. The van der Waals surface area contributed by atoms with Crippen LogP contribution in [-0.2, 0) is 19.1 Å². The van der Waals surface area contributed by atoms with E-state index in [4.69, 9.17) is 16.3 Å². The van der Waals surface area contributed by atoms with Gasteiger partial charge in [-0.15, -0.1) is 0 Å². The number of hydrogen-bond acceptors (Lipinski definition) is 5. The number of halogens is 2. The minimum Gasteiger partial charge on any atom is -0.466 e. The van der Waals surface area contributed by atoms with E-state index in [-0.39, 0.29) is 47.5 Å². The molecule has 0 aliphatic carbocycles. The smallest absolute Gasteiger partial charge is 0.309 e. The van der Waals surface area contributed by atoms with Crippen LogP contribution < -0.4 is 4.90 Å². The van der Waals surface area contributed by atoms with Gasteiger partial charge in [-0.25, -0.2) is 4.39 Å². The van der Waals surface area contributed by atoms with Gasteiger partial charge >= 0.3 is 5.97 Å². The molecule has 39 heavy (non-hydrogen) atoms. The number of amides is 2. The molecule has 1 atom stereocenters. The highest BCUT2D eigenvalue weighted by Gasteiger charge is 2.31. The highest BCUT2D eigenvalue weighted by atomic mass is 35.5. The van der Waals surface area contributed by atoms with E-state index in [0.29, 0.717) is 55.4 Å². The van der Waals surface area contributed by atoms with E-state index < -0.39 is 11.9 Å². The number of esters is 1. The third-order valence-corrected chi connectivity index (χ3v) is 6.96. The van der Waals surface area contributed by atoms with Gasteiger partial charge in [0.2, 0.25) is 11.8 Å². The number of aliphatic hydroxyl groups excluding tert-OH is 1. The Kier molecular flexibility index (Phi) is 10.5. The Labute approximate surface area is 234 Å². The fourth-order valence-corrected chi connectivity index (χ4v) is 4.95. The number of nitrogens with zero attached hydrogens (tertiary/aromatic N) is 2. The summed E-state index contributed by atoms with van der Waals surface area (Å²) >= 11 is 6.25. The zero-order valence-electron chi connectivity index (χ0n) is 23.1. The summed E-state index contributed by atoms with van der Waals surface area (Å²) in [6.07, 6.45) is -0.294. The lowest BCUT2D eigenvalue weighted by Crippen LogP contribution is -2.42. The number of likely N-dealkylation sites (tertiary alicyclic amines) is 1. The molecular weight excluding hydrogens is 523 g/mol. The first-order chi connectivity index (χ1) is 18.4. The lowest BCUT2D eigenvalue weighted by molar-refractivity contribution is -0.151. The van der Waals surface area contributed by atoms with Crippen LogP contribution in [0.2, 0.25) is 5.02 Å². The Hall–Kier alpha value is -2.97. The standard InChI is InChI=1S/C30H38ClFN2O5/c1-5-39-29(38)20-14-16-33(17-15-20)26(35)12-13-27(36)34(19-30(2,3)4)25-11-10-21(31)18-23(25)28(37)22-8-6-7-9-24(22)32/h6-11,18,20,28,37H,5,12-17,19H2,1-4H3. The van der Waals surface area contributed by atoms with Crippen LogP contribution in [0.3, 0.4) is 0 Å². The number of benzene rings is 2. The van der Waals surface area contributed by atoms with E-state index in [0.717, 1.165) is 0 Å². The Morgan fingerprint density at radius 3 is 2.38 bits per heavy atom. The minimum atomic E-state index is -1.35. The van der Waals surface area contributed by atoms with Crippen molar-refractivity contribution in [3.05, 3.63) is 64.4 Å². The van der Waals surface area contributed by atoms with E-state index in [1.807, 2.05) is 20.8 Å². The highest BCUT2D eigenvalue weighted by molar-refractivity contribution is 6.30. The Morgan fingerprint density at radius 1 is 1.10 bits per heavy atom. The minimum absolute atomic E-state index is 0.0162. The summed E-state index contributed by atoms with van der Waals surface area (Å²) in [4.78, 5) is 41.8. The summed E-state index contributed by atoms with van der Waals surface area (Å²) < 4.78 is 19.6. The van der Waals surface area contributed by atoms with Gasteiger partial charge in [0.15, 0.2) is 0 Å². The number of carbonyl (C=O) groups is 3. The molecule has 1 unspecified atom stereocenters. The molecule has 3 rings (SSSR count). The van der Waals surface area contributed by atoms with Crippen LogP contribution in [0.25, 0.3) is 0 Å².